The number of hydrogen-bond donors (Lipinski definition) is 0. The lowest BCUT2D eigenvalue weighted by atomic mass is 10.1. The van der Waals surface area contributed by atoms with Gasteiger partial charge < -0.3 is 48.0 Å². The van der Waals surface area contributed by atoms with Gasteiger partial charge in [0.05, 0.1) is 11.1 Å². The summed E-state index contributed by atoms with van der Waals surface area (Å²) < 4.78 is 35.2. The molecule has 16 nitrogen and oxygen atoms in total. The van der Waals surface area contributed by atoms with Crippen LogP contribution in [-0.2, 0) is 41.9 Å². The van der Waals surface area contributed by atoms with Gasteiger partial charge in [0.1, 0.15) is 13.2 Å². The Labute approximate surface area is 415 Å². The molecule has 70 heavy (non-hydrogen) atoms. The molecule has 0 saturated heterocycles. The zero-order valence-electron chi connectivity index (χ0n) is 43.0. The van der Waals surface area contributed by atoms with E-state index in [9.17, 15) is 28.8 Å². The third kappa shape index (κ3) is 19.6. The molecule has 0 spiro atoms. The molecule has 0 radical (unpaired) electrons. The second-order valence-electron chi connectivity index (χ2n) is 17.0. The molecule has 0 aliphatic carbocycles. The molecule has 3 aromatic rings. The van der Waals surface area contributed by atoms with Crippen LogP contribution in [0.2, 0.25) is 0 Å². The van der Waals surface area contributed by atoms with Crippen LogP contribution in [0.3, 0.4) is 0 Å². The van der Waals surface area contributed by atoms with Gasteiger partial charge in [-0.1, -0.05) is 67.5 Å². The molecule has 0 saturated carbocycles. The Bertz CT molecular complexity index is 1920. The highest BCUT2D eigenvalue weighted by molar-refractivity contribution is 5.93. The quantitative estimate of drug-likeness (QED) is 0.0524. The Kier molecular flexibility index (Phi) is 26.9. The van der Waals surface area contributed by atoms with Gasteiger partial charge in [0.15, 0.2) is 49.4 Å². The molecule has 386 valence electrons. The molecule has 0 unspecified atom stereocenters. The minimum Gasteiger partial charge on any atom is -0.480 e. The number of carbonyl (C=O) groups excluding carboxylic acids is 6. The van der Waals surface area contributed by atoms with Gasteiger partial charge in [-0.05, 0) is 111 Å². The van der Waals surface area contributed by atoms with Crippen molar-refractivity contribution in [2.75, 3.05) is 78.8 Å². The monoisotopic (exact) mass is 975 g/mol. The van der Waals surface area contributed by atoms with Crippen molar-refractivity contribution < 1.29 is 57.2 Å². The SMILES string of the molecule is CCCN(CCC)C(=O)COc1ccc(COC(=O)c2ccc(C(=O)OCc3ccc(OCC(=O)N(CCC)CCC)c(OCC(=O)N(CCC)CCC)c3)cc2)cc1OCC(=O)N(CCC)CCC. The topological polar surface area (TPSA) is 171 Å². The number of benzene rings is 3. The minimum atomic E-state index is -0.642. The van der Waals surface area contributed by atoms with Crippen LogP contribution in [0.15, 0.2) is 60.7 Å². The van der Waals surface area contributed by atoms with Crippen LogP contribution in [0.25, 0.3) is 0 Å². The molecule has 0 heterocycles. The van der Waals surface area contributed by atoms with E-state index in [-0.39, 0.29) is 97.4 Å². The van der Waals surface area contributed by atoms with E-state index in [1.165, 1.54) is 24.3 Å². The lowest BCUT2D eigenvalue weighted by molar-refractivity contribution is -0.134. The molecule has 16 heteroatoms. The van der Waals surface area contributed by atoms with Crippen LogP contribution in [0, 0.1) is 0 Å². The predicted octanol–water partition coefficient (Wildman–Crippen LogP) is 8.51. The molecule has 0 atom stereocenters. The normalized spacial score (nSPS) is 10.7. The fourth-order valence-corrected chi connectivity index (χ4v) is 7.48. The summed E-state index contributed by atoms with van der Waals surface area (Å²) in [5.41, 5.74) is 1.51. The summed E-state index contributed by atoms with van der Waals surface area (Å²) in [6.07, 6.45) is 6.48. The van der Waals surface area contributed by atoms with Gasteiger partial charge in [-0.15, -0.1) is 0 Å². The molecule has 3 rings (SSSR count). The third-order valence-electron chi connectivity index (χ3n) is 10.9. The van der Waals surface area contributed by atoms with E-state index < -0.39 is 11.9 Å². The van der Waals surface area contributed by atoms with Crippen molar-refractivity contribution in [2.24, 2.45) is 0 Å². The average molecular weight is 975 g/mol. The Morgan fingerprint density at radius 2 is 0.586 bits per heavy atom. The maximum atomic E-state index is 13.2. The number of nitrogens with zero attached hydrogens (tertiary/aromatic N) is 4. The number of amides is 4. The number of ether oxygens (including phenoxy) is 6. The van der Waals surface area contributed by atoms with Gasteiger partial charge >= 0.3 is 11.9 Å². The Hall–Kier alpha value is -6.32. The van der Waals surface area contributed by atoms with E-state index in [2.05, 4.69) is 0 Å². The summed E-state index contributed by atoms with van der Waals surface area (Å²) in [6.45, 7) is 19.8. The van der Waals surface area contributed by atoms with Gasteiger partial charge in [-0.25, -0.2) is 9.59 Å². The van der Waals surface area contributed by atoms with Gasteiger partial charge in [0, 0.05) is 52.4 Å². The molecular formula is C54H78N4O12. The van der Waals surface area contributed by atoms with Gasteiger partial charge in [0.25, 0.3) is 23.6 Å². The lowest BCUT2D eigenvalue weighted by Crippen LogP contribution is -2.36. The van der Waals surface area contributed by atoms with E-state index in [4.69, 9.17) is 28.4 Å². The Morgan fingerprint density at radius 1 is 0.343 bits per heavy atom. The smallest absolute Gasteiger partial charge is 0.338 e. The summed E-state index contributed by atoms with van der Waals surface area (Å²) in [7, 11) is 0. The molecule has 0 N–H and O–H groups in total. The molecule has 0 aliphatic heterocycles. The van der Waals surface area contributed by atoms with E-state index in [0.29, 0.717) is 63.5 Å². The first kappa shape index (κ1) is 58.0. The zero-order valence-corrected chi connectivity index (χ0v) is 43.0. The van der Waals surface area contributed by atoms with Gasteiger partial charge in [-0.2, -0.15) is 0 Å². The van der Waals surface area contributed by atoms with E-state index in [1.54, 1.807) is 56.0 Å². The van der Waals surface area contributed by atoms with Crippen molar-refractivity contribution in [3.05, 3.63) is 82.9 Å². The fraction of sp³-hybridized carbons (Fsp3) is 0.556. The number of hydrogen-bond acceptors (Lipinski definition) is 12. The third-order valence-corrected chi connectivity index (χ3v) is 10.9. The van der Waals surface area contributed by atoms with Crippen molar-refractivity contribution >= 4 is 35.6 Å². The Balaban J connectivity index is 1.71. The molecule has 0 aliphatic rings. The van der Waals surface area contributed by atoms with E-state index in [0.717, 1.165) is 51.4 Å². The Morgan fingerprint density at radius 3 is 0.829 bits per heavy atom. The molecular weight excluding hydrogens is 897 g/mol. The van der Waals surface area contributed by atoms with Crippen molar-refractivity contribution in [1.29, 1.82) is 0 Å². The number of esters is 2. The first-order valence-corrected chi connectivity index (χ1v) is 25.2. The summed E-state index contributed by atoms with van der Waals surface area (Å²) in [6, 6.07) is 15.7. The fourth-order valence-electron chi connectivity index (χ4n) is 7.48. The molecule has 0 bridgehead atoms. The van der Waals surface area contributed by atoms with Crippen molar-refractivity contribution in [3.63, 3.8) is 0 Å². The summed E-state index contributed by atoms with van der Waals surface area (Å²) in [5, 5.41) is 0. The molecule has 0 fully saturated rings. The van der Waals surface area contributed by atoms with E-state index in [1.807, 2.05) is 55.4 Å². The standard InChI is InChI=1S/C54H78N4O12/c1-9-25-55(26-10-2)49(59)37-65-45-23-17-41(33-47(45)67-39-51(61)57(29-13-5)30-14-6)35-69-53(63)43-19-21-44(22-20-43)54(64)70-36-42-18-24-46(66-38-50(60)56(27-11-3)28-12-4)48(34-42)68-40-52(62)58(31-15-7)32-16-8/h17-24,33-34H,9-16,25-32,35-40H2,1-8H3. The van der Waals surface area contributed by atoms with Crippen molar-refractivity contribution in [1.82, 2.24) is 19.6 Å². The summed E-state index contributed by atoms with van der Waals surface area (Å²) in [4.78, 5) is 85.6. The van der Waals surface area contributed by atoms with Crippen LogP contribution < -0.4 is 18.9 Å². The van der Waals surface area contributed by atoms with E-state index >= 15 is 0 Å². The summed E-state index contributed by atoms with van der Waals surface area (Å²) in [5.74, 6) is -0.922. The molecule has 4 amide bonds. The first-order chi connectivity index (χ1) is 33.9. The highest BCUT2D eigenvalue weighted by Crippen LogP contribution is 2.31. The second kappa shape index (κ2) is 32.5. The zero-order chi connectivity index (χ0) is 51.3. The average Bonchev–Trinajstić information content (AvgIpc) is 3.36. The largest absolute Gasteiger partial charge is 0.480 e. The van der Waals surface area contributed by atoms with Gasteiger partial charge in [0.2, 0.25) is 0 Å². The first-order valence-electron chi connectivity index (χ1n) is 25.2. The maximum Gasteiger partial charge on any atom is 0.338 e. The minimum absolute atomic E-state index is 0.142. The molecule has 3 aromatic carbocycles. The van der Waals surface area contributed by atoms with Crippen LogP contribution in [0.5, 0.6) is 23.0 Å². The number of rotatable bonds is 34. The van der Waals surface area contributed by atoms with Crippen LogP contribution in [-0.4, -0.2) is 134 Å². The highest BCUT2D eigenvalue weighted by Gasteiger charge is 2.21. The summed E-state index contributed by atoms with van der Waals surface area (Å²) >= 11 is 0. The molecule has 0 aromatic heterocycles. The van der Waals surface area contributed by atoms with Crippen LogP contribution in [0.4, 0.5) is 0 Å². The second-order valence-corrected chi connectivity index (χ2v) is 17.0. The van der Waals surface area contributed by atoms with Crippen LogP contribution in [0.1, 0.15) is 139 Å². The highest BCUT2D eigenvalue weighted by atomic mass is 16.5. The lowest BCUT2D eigenvalue weighted by Gasteiger charge is -2.23. The van der Waals surface area contributed by atoms with Gasteiger partial charge in [-0.3, -0.25) is 19.2 Å². The van der Waals surface area contributed by atoms with Crippen LogP contribution >= 0.6 is 0 Å². The number of carbonyl (C=O) groups is 6. The van der Waals surface area contributed by atoms with Crippen molar-refractivity contribution in [3.8, 4) is 23.0 Å². The maximum absolute atomic E-state index is 13.2. The predicted molar refractivity (Wildman–Crippen MR) is 268 cm³/mol. The van der Waals surface area contributed by atoms with Crippen molar-refractivity contribution in [2.45, 2.75) is 120 Å².